The van der Waals surface area contributed by atoms with Crippen molar-refractivity contribution >= 4 is 6.21 Å². The van der Waals surface area contributed by atoms with Gasteiger partial charge >= 0.3 is 0 Å². The molecule has 1 heterocycles. The van der Waals surface area contributed by atoms with Crippen LogP contribution in [0.1, 0.15) is 0 Å². The van der Waals surface area contributed by atoms with Crippen molar-refractivity contribution in [2.45, 2.75) is 0 Å². The Morgan fingerprint density at radius 3 is 2.77 bits per heavy atom. The molecule has 1 aliphatic heterocycles. The topological polar surface area (TPSA) is 39.7 Å². The smallest absolute Gasteiger partial charge is 0.0510 e. The molecular formula is C9H20N4. The highest BCUT2D eigenvalue weighted by Crippen LogP contribution is 1.79. The minimum atomic E-state index is 0.894. The largest absolute Gasteiger partial charge is 0.314 e. The van der Waals surface area contributed by atoms with Crippen LogP contribution in [0.25, 0.3) is 0 Å². The lowest BCUT2D eigenvalue weighted by Crippen LogP contribution is -2.36. The summed E-state index contributed by atoms with van der Waals surface area (Å²) in [5.41, 5.74) is 0. The molecule has 0 aromatic carbocycles. The van der Waals surface area contributed by atoms with Gasteiger partial charge in [-0.3, -0.25) is 4.99 Å². The molecule has 0 unspecified atom stereocenters. The Hall–Kier alpha value is -0.450. The van der Waals surface area contributed by atoms with E-state index in [1.807, 2.05) is 6.21 Å². The van der Waals surface area contributed by atoms with Crippen LogP contribution in [-0.2, 0) is 0 Å². The Kier molecular flexibility index (Phi) is 5.73. The fourth-order valence-corrected chi connectivity index (χ4v) is 1.24. The van der Waals surface area contributed by atoms with Gasteiger partial charge in [0.05, 0.1) is 6.54 Å². The summed E-state index contributed by atoms with van der Waals surface area (Å²) in [5, 5.41) is 6.68. The quantitative estimate of drug-likeness (QED) is 0.517. The maximum atomic E-state index is 4.26. The molecule has 0 atom stereocenters. The molecule has 76 valence electrons. The molecule has 1 rings (SSSR count). The van der Waals surface area contributed by atoms with E-state index in [9.17, 15) is 0 Å². The Labute approximate surface area is 80.4 Å². The number of hydrogen-bond donors (Lipinski definition) is 2. The summed E-state index contributed by atoms with van der Waals surface area (Å²) in [6.07, 6.45) is 1.96. The number of likely N-dealkylation sites (N-methyl/N-ethyl adjacent to an activating group) is 1. The molecule has 0 spiro atoms. The van der Waals surface area contributed by atoms with Crippen molar-refractivity contribution in [3.63, 3.8) is 0 Å². The summed E-state index contributed by atoms with van der Waals surface area (Å²) in [6, 6.07) is 0. The molecule has 2 N–H and O–H groups in total. The highest BCUT2D eigenvalue weighted by molar-refractivity contribution is 5.59. The first-order valence-electron chi connectivity index (χ1n) is 4.98. The van der Waals surface area contributed by atoms with Crippen LogP contribution in [0, 0.1) is 0 Å². The third-order valence-electron chi connectivity index (χ3n) is 2.12. The zero-order valence-corrected chi connectivity index (χ0v) is 8.42. The Morgan fingerprint density at radius 1 is 1.15 bits per heavy atom. The van der Waals surface area contributed by atoms with Gasteiger partial charge in [0, 0.05) is 45.5 Å². The average molecular weight is 184 g/mol. The lowest BCUT2D eigenvalue weighted by atomic mass is 10.4. The van der Waals surface area contributed by atoms with Gasteiger partial charge < -0.3 is 15.5 Å². The van der Waals surface area contributed by atoms with Crippen LogP contribution in [0.4, 0.5) is 0 Å². The number of aliphatic imine (C=N–C) groups is 1. The summed E-state index contributed by atoms with van der Waals surface area (Å²) in [5.74, 6) is 0. The van der Waals surface area contributed by atoms with Crippen LogP contribution >= 0.6 is 0 Å². The summed E-state index contributed by atoms with van der Waals surface area (Å²) >= 11 is 0. The average Bonchev–Trinajstić information content (AvgIpc) is 2.11. The third kappa shape index (κ3) is 5.74. The predicted octanol–water partition coefficient (Wildman–Crippen LogP) is -0.818. The van der Waals surface area contributed by atoms with Gasteiger partial charge in [0.15, 0.2) is 0 Å². The first-order valence-corrected chi connectivity index (χ1v) is 4.98. The van der Waals surface area contributed by atoms with E-state index >= 15 is 0 Å². The van der Waals surface area contributed by atoms with E-state index in [4.69, 9.17) is 0 Å². The minimum Gasteiger partial charge on any atom is -0.314 e. The van der Waals surface area contributed by atoms with Gasteiger partial charge in [-0.25, -0.2) is 0 Å². The number of nitrogens with one attached hydrogen (secondary N) is 2. The molecule has 0 aromatic heterocycles. The second kappa shape index (κ2) is 7.00. The second-order valence-electron chi connectivity index (χ2n) is 3.35. The number of hydrogen-bond acceptors (Lipinski definition) is 4. The van der Waals surface area contributed by atoms with E-state index in [1.54, 1.807) is 0 Å². The molecule has 0 aromatic rings. The predicted molar refractivity (Wildman–Crippen MR) is 56.6 cm³/mol. The zero-order valence-electron chi connectivity index (χ0n) is 8.42. The molecule has 0 radical (unpaired) electrons. The molecule has 4 heteroatoms. The van der Waals surface area contributed by atoms with Crippen molar-refractivity contribution in [3.8, 4) is 0 Å². The number of rotatable bonds is 0. The lowest BCUT2D eigenvalue weighted by molar-refractivity contribution is 0.332. The van der Waals surface area contributed by atoms with Crippen LogP contribution < -0.4 is 10.6 Å². The van der Waals surface area contributed by atoms with Gasteiger partial charge in [0.1, 0.15) is 0 Å². The molecule has 0 bridgehead atoms. The van der Waals surface area contributed by atoms with E-state index in [-0.39, 0.29) is 0 Å². The van der Waals surface area contributed by atoms with Crippen LogP contribution in [-0.4, -0.2) is 64.0 Å². The van der Waals surface area contributed by atoms with Crippen molar-refractivity contribution in [3.05, 3.63) is 0 Å². The first-order chi connectivity index (χ1) is 6.39. The molecule has 13 heavy (non-hydrogen) atoms. The zero-order chi connectivity index (χ0) is 9.36. The van der Waals surface area contributed by atoms with Crippen molar-refractivity contribution in [2.75, 3.05) is 52.9 Å². The first kappa shape index (κ1) is 10.6. The molecule has 0 saturated carbocycles. The SMILES string of the molecule is CN1CCNCC=NCCNCC1. The molecule has 4 nitrogen and oxygen atoms in total. The molecule has 0 aliphatic carbocycles. The van der Waals surface area contributed by atoms with Crippen molar-refractivity contribution in [2.24, 2.45) is 4.99 Å². The molecule has 0 fully saturated rings. The molecular weight excluding hydrogens is 164 g/mol. The van der Waals surface area contributed by atoms with E-state index in [0.717, 1.165) is 45.8 Å². The minimum absolute atomic E-state index is 0.894. The summed E-state index contributed by atoms with van der Waals surface area (Å²) in [6.45, 7) is 7.11. The molecule has 0 amide bonds. The van der Waals surface area contributed by atoms with Crippen molar-refractivity contribution < 1.29 is 0 Å². The van der Waals surface area contributed by atoms with Crippen molar-refractivity contribution in [1.82, 2.24) is 15.5 Å². The maximum Gasteiger partial charge on any atom is 0.0510 e. The summed E-state index contributed by atoms with van der Waals surface area (Å²) in [7, 11) is 2.16. The fourth-order valence-electron chi connectivity index (χ4n) is 1.24. The van der Waals surface area contributed by atoms with Gasteiger partial charge in [-0.2, -0.15) is 0 Å². The van der Waals surface area contributed by atoms with Crippen LogP contribution in [0.3, 0.4) is 0 Å². The van der Waals surface area contributed by atoms with E-state index in [1.165, 1.54) is 0 Å². The van der Waals surface area contributed by atoms with E-state index < -0.39 is 0 Å². The summed E-state index contributed by atoms with van der Waals surface area (Å²) in [4.78, 5) is 6.59. The highest BCUT2D eigenvalue weighted by atomic mass is 15.1. The third-order valence-corrected chi connectivity index (χ3v) is 2.12. The van der Waals surface area contributed by atoms with Gasteiger partial charge in [0.25, 0.3) is 0 Å². The Morgan fingerprint density at radius 2 is 1.92 bits per heavy atom. The van der Waals surface area contributed by atoms with Crippen LogP contribution in [0.15, 0.2) is 4.99 Å². The van der Waals surface area contributed by atoms with Gasteiger partial charge in [-0.1, -0.05) is 0 Å². The van der Waals surface area contributed by atoms with E-state index in [0.29, 0.717) is 0 Å². The van der Waals surface area contributed by atoms with Gasteiger partial charge in [0.2, 0.25) is 0 Å². The fraction of sp³-hybridized carbons (Fsp3) is 0.889. The highest BCUT2D eigenvalue weighted by Gasteiger charge is 1.97. The van der Waals surface area contributed by atoms with Crippen LogP contribution in [0.5, 0.6) is 0 Å². The number of nitrogens with zero attached hydrogens (tertiary/aromatic N) is 2. The lowest BCUT2D eigenvalue weighted by Gasteiger charge is -2.17. The van der Waals surface area contributed by atoms with Crippen molar-refractivity contribution in [1.29, 1.82) is 0 Å². The second-order valence-corrected chi connectivity index (χ2v) is 3.35. The standard InChI is InChI=1S/C9H20N4/c1-13-8-6-11-4-2-10-3-5-12-7-9-13/h2,11-12H,3-9H2,1H3. The monoisotopic (exact) mass is 184 g/mol. The maximum absolute atomic E-state index is 4.26. The summed E-state index contributed by atoms with van der Waals surface area (Å²) < 4.78 is 0. The molecule has 1 aliphatic rings. The Bertz CT molecular complexity index is 147. The van der Waals surface area contributed by atoms with Gasteiger partial charge in [-0.05, 0) is 7.05 Å². The Balaban J connectivity index is 2.20. The molecule has 0 saturated heterocycles. The normalized spacial score (nSPS) is 23.5. The van der Waals surface area contributed by atoms with Crippen LogP contribution in [0.2, 0.25) is 0 Å². The van der Waals surface area contributed by atoms with E-state index in [2.05, 4.69) is 27.6 Å². The van der Waals surface area contributed by atoms with Gasteiger partial charge in [-0.15, -0.1) is 0 Å².